The van der Waals surface area contributed by atoms with E-state index in [1.165, 1.54) is 42.8 Å². The molecule has 0 saturated carbocycles. The van der Waals surface area contributed by atoms with E-state index in [1.807, 2.05) is 19.1 Å². The van der Waals surface area contributed by atoms with Gasteiger partial charge in [-0.2, -0.15) is 0 Å². The second-order valence-corrected chi connectivity index (χ2v) is 6.08. The number of nitrogens with zero attached hydrogens (tertiary/aromatic N) is 2. The maximum atomic E-state index is 12.1. The van der Waals surface area contributed by atoms with Crippen LogP contribution >= 0.6 is 0 Å². The monoisotopic (exact) mass is 340 g/mol. The Hall–Kier alpha value is -3.09. The summed E-state index contributed by atoms with van der Waals surface area (Å²) in [4.78, 5) is 24.6. The molecule has 0 atom stereocenters. The number of carbonyl (C=O) groups is 1. The van der Waals surface area contributed by atoms with Crippen molar-refractivity contribution in [2.75, 3.05) is 28.6 Å². The molecule has 1 heterocycles. The molecule has 130 valence electrons. The highest BCUT2D eigenvalue weighted by Gasteiger charge is 2.14. The predicted octanol–water partition coefficient (Wildman–Crippen LogP) is 4.15. The SMILES string of the molecule is Cc1cc(N2CCCC2)ccc1NC(=O)Nc1ccc([N+](=O)[O-])cc1. The fourth-order valence-corrected chi connectivity index (χ4v) is 2.91. The Kier molecular flexibility index (Phi) is 4.83. The van der Waals surface area contributed by atoms with Gasteiger partial charge in [0.05, 0.1) is 4.92 Å². The summed E-state index contributed by atoms with van der Waals surface area (Å²) in [5.41, 5.74) is 3.38. The van der Waals surface area contributed by atoms with Crippen molar-refractivity contribution in [1.29, 1.82) is 0 Å². The average Bonchev–Trinajstić information content (AvgIpc) is 3.11. The van der Waals surface area contributed by atoms with E-state index in [9.17, 15) is 14.9 Å². The first-order valence-corrected chi connectivity index (χ1v) is 8.21. The Labute approximate surface area is 145 Å². The van der Waals surface area contributed by atoms with Gasteiger partial charge in [-0.25, -0.2) is 4.79 Å². The number of nitrogens with one attached hydrogen (secondary N) is 2. The number of rotatable bonds is 4. The van der Waals surface area contributed by atoms with Crippen LogP contribution in [0, 0.1) is 17.0 Å². The van der Waals surface area contributed by atoms with E-state index in [0.717, 1.165) is 24.3 Å². The Morgan fingerprint density at radius 3 is 2.36 bits per heavy atom. The molecule has 1 aliphatic rings. The van der Waals surface area contributed by atoms with E-state index in [0.29, 0.717) is 5.69 Å². The molecule has 0 bridgehead atoms. The van der Waals surface area contributed by atoms with E-state index in [-0.39, 0.29) is 11.7 Å². The van der Waals surface area contributed by atoms with Gasteiger partial charge in [-0.1, -0.05) is 0 Å². The first-order chi connectivity index (χ1) is 12.0. The van der Waals surface area contributed by atoms with Crippen molar-refractivity contribution in [3.05, 3.63) is 58.1 Å². The maximum Gasteiger partial charge on any atom is 0.323 e. The number of hydrogen-bond donors (Lipinski definition) is 2. The maximum absolute atomic E-state index is 12.1. The molecular formula is C18H20N4O3. The largest absolute Gasteiger partial charge is 0.372 e. The summed E-state index contributed by atoms with van der Waals surface area (Å²) in [5.74, 6) is 0. The molecule has 0 unspecified atom stereocenters. The van der Waals surface area contributed by atoms with Gasteiger partial charge in [0.25, 0.3) is 5.69 Å². The van der Waals surface area contributed by atoms with Crippen molar-refractivity contribution in [3.63, 3.8) is 0 Å². The molecule has 2 aromatic carbocycles. The van der Waals surface area contributed by atoms with E-state index >= 15 is 0 Å². The van der Waals surface area contributed by atoms with Gasteiger partial charge in [-0.15, -0.1) is 0 Å². The summed E-state index contributed by atoms with van der Waals surface area (Å²) in [6, 6.07) is 11.3. The quantitative estimate of drug-likeness (QED) is 0.646. The van der Waals surface area contributed by atoms with Crippen LogP contribution in [0.3, 0.4) is 0 Å². The van der Waals surface area contributed by atoms with Crippen molar-refractivity contribution in [2.45, 2.75) is 19.8 Å². The molecule has 1 aliphatic heterocycles. The zero-order valence-corrected chi connectivity index (χ0v) is 14.0. The van der Waals surface area contributed by atoms with Crippen molar-refractivity contribution in [3.8, 4) is 0 Å². The summed E-state index contributed by atoms with van der Waals surface area (Å²) in [7, 11) is 0. The lowest BCUT2D eigenvalue weighted by Crippen LogP contribution is -2.21. The van der Waals surface area contributed by atoms with Gasteiger partial charge in [-0.05, 0) is 55.7 Å². The third-order valence-corrected chi connectivity index (χ3v) is 4.27. The molecule has 2 N–H and O–H groups in total. The van der Waals surface area contributed by atoms with Crippen LogP contribution in [0.25, 0.3) is 0 Å². The minimum absolute atomic E-state index is 0.0145. The highest BCUT2D eigenvalue weighted by Crippen LogP contribution is 2.25. The van der Waals surface area contributed by atoms with E-state index in [4.69, 9.17) is 0 Å². The first kappa shape index (κ1) is 16.8. The van der Waals surface area contributed by atoms with E-state index < -0.39 is 4.92 Å². The normalized spacial score (nSPS) is 13.6. The van der Waals surface area contributed by atoms with Crippen molar-refractivity contribution in [1.82, 2.24) is 0 Å². The molecule has 1 saturated heterocycles. The lowest BCUT2D eigenvalue weighted by atomic mass is 10.1. The van der Waals surface area contributed by atoms with Crippen LogP contribution in [0.1, 0.15) is 18.4 Å². The number of nitro benzene ring substituents is 1. The molecule has 1 fully saturated rings. The van der Waals surface area contributed by atoms with Gasteiger partial charge in [-0.3, -0.25) is 10.1 Å². The van der Waals surface area contributed by atoms with Gasteiger partial charge in [0, 0.05) is 42.3 Å². The highest BCUT2D eigenvalue weighted by molar-refractivity contribution is 6.00. The number of urea groups is 1. The molecule has 0 aromatic heterocycles. The number of anilines is 3. The molecule has 2 amide bonds. The number of non-ortho nitro benzene ring substituents is 1. The highest BCUT2D eigenvalue weighted by atomic mass is 16.6. The lowest BCUT2D eigenvalue weighted by Gasteiger charge is -2.19. The topological polar surface area (TPSA) is 87.5 Å². The number of amides is 2. The average molecular weight is 340 g/mol. The Morgan fingerprint density at radius 1 is 1.08 bits per heavy atom. The summed E-state index contributed by atoms with van der Waals surface area (Å²) >= 11 is 0. The molecule has 0 aliphatic carbocycles. The molecule has 7 nitrogen and oxygen atoms in total. The zero-order valence-electron chi connectivity index (χ0n) is 14.0. The van der Waals surface area contributed by atoms with E-state index in [2.05, 4.69) is 21.6 Å². The standard InChI is InChI=1S/C18H20N4O3/c1-13-12-16(21-10-2-3-11-21)8-9-17(13)20-18(23)19-14-4-6-15(7-5-14)22(24)25/h4-9,12H,2-3,10-11H2,1H3,(H2,19,20,23). The molecule has 2 aromatic rings. The van der Waals surface area contributed by atoms with Crippen molar-refractivity contribution < 1.29 is 9.72 Å². The van der Waals surface area contributed by atoms with Crippen LogP contribution in [0.15, 0.2) is 42.5 Å². The zero-order chi connectivity index (χ0) is 17.8. The Balaban J connectivity index is 1.63. The summed E-state index contributed by atoms with van der Waals surface area (Å²) in [6.07, 6.45) is 2.44. The Bertz CT molecular complexity index is 783. The van der Waals surface area contributed by atoms with Gasteiger partial charge in [0.15, 0.2) is 0 Å². The van der Waals surface area contributed by atoms with Gasteiger partial charge < -0.3 is 15.5 Å². The van der Waals surface area contributed by atoms with Gasteiger partial charge in [0.2, 0.25) is 0 Å². The minimum atomic E-state index is -0.477. The van der Waals surface area contributed by atoms with Gasteiger partial charge in [0.1, 0.15) is 0 Å². The number of benzene rings is 2. The van der Waals surface area contributed by atoms with Crippen LogP contribution in [0.5, 0.6) is 0 Å². The summed E-state index contributed by atoms with van der Waals surface area (Å²) in [6.45, 7) is 4.11. The molecule has 25 heavy (non-hydrogen) atoms. The molecule has 0 radical (unpaired) electrons. The van der Waals surface area contributed by atoms with Crippen molar-refractivity contribution in [2.24, 2.45) is 0 Å². The smallest absolute Gasteiger partial charge is 0.323 e. The van der Waals surface area contributed by atoms with Crippen LogP contribution < -0.4 is 15.5 Å². The Morgan fingerprint density at radius 2 is 1.76 bits per heavy atom. The summed E-state index contributed by atoms with van der Waals surface area (Å²) < 4.78 is 0. The van der Waals surface area contributed by atoms with Gasteiger partial charge >= 0.3 is 6.03 Å². The molecule has 0 spiro atoms. The van der Waals surface area contributed by atoms with Crippen LogP contribution in [-0.4, -0.2) is 24.0 Å². The second kappa shape index (κ2) is 7.21. The van der Waals surface area contributed by atoms with Crippen molar-refractivity contribution >= 4 is 28.8 Å². The number of aryl methyl sites for hydroxylation is 1. The third kappa shape index (κ3) is 4.06. The van der Waals surface area contributed by atoms with Crippen LogP contribution in [-0.2, 0) is 0 Å². The lowest BCUT2D eigenvalue weighted by molar-refractivity contribution is -0.384. The minimum Gasteiger partial charge on any atom is -0.372 e. The van der Waals surface area contributed by atoms with Crippen LogP contribution in [0.4, 0.5) is 27.5 Å². The fraction of sp³-hybridized carbons (Fsp3) is 0.278. The molecule has 7 heteroatoms. The number of nitro groups is 1. The third-order valence-electron chi connectivity index (χ3n) is 4.27. The van der Waals surface area contributed by atoms with E-state index in [1.54, 1.807) is 0 Å². The predicted molar refractivity (Wildman–Crippen MR) is 98.4 cm³/mol. The molecule has 3 rings (SSSR count). The first-order valence-electron chi connectivity index (χ1n) is 8.21. The second-order valence-electron chi connectivity index (χ2n) is 6.08. The fourth-order valence-electron chi connectivity index (χ4n) is 2.91. The molecular weight excluding hydrogens is 320 g/mol. The van der Waals surface area contributed by atoms with Crippen LogP contribution in [0.2, 0.25) is 0 Å². The number of hydrogen-bond acceptors (Lipinski definition) is 4. The summed E-state index contributed by atoms with van der Waals surface area (Å²) in [5, 5.41) is 16.1. The number of carbonyl (C=O) groups excluding carboxylic acids is 1.